The second kappa shape index (κ2) is 5.56. The molecule has 0 aromatic heterocycles. The molecule has 0 bridgehead atoms. The molecule has 18 heavy (non-hydrogen) atoms. The minimum Gasteiger partial charge on any atom is -0.465 e. The summed E-state index contributed by atoms with van der Waals surface area (Å²) < 4.78 is 0. The van der Waals surface area contributed by atoms with Crippen LogP contribution in [0.15, 0.2) is 12.1 Å². The van der Waals surface area contributed by atoms with Crippen LogP contribution in [0, 0.1) is 0 Å². The molecule has 1 atom stereocenters. The van der Waals surface area contributed by atoms with Gasteiger partial charge in [-0.2, -0.15) is 0 Å². The molecule has 5 nitrogen and oxygen atoms in total. The van der Waals surface area contributed by atoms with E-state index in [-0.39, 0.29) is 19.2 Å². The van der Waals surface area contributed by atoms with Crippen molar-refractivity contribution in [1.82, 2.24) is 10.6 Å². The zero-order valence-corrected chi connectivity index (χ0v) is 10.5. The molecule has 98 valence electrons. The number of fused-ring (bicyclic) bond motifs is 1. The van der Waals surface area contributed by atoms with E-state index in [1.54, 1.807) is 0 Å². The van der Waals surface area contributed by atoms with Crippen molar-refractivity contribution in [2.75, 3.05) is 13.2 Å². The highest BCUT2D eigenvalue weighted by Crippen LogP contribution is 2.28. The molecule has 6 heteroatoms. The van der Waals surface area contributed by atoms with Gasteiger partial charge >= 0.3 is 6.09 Å². The fourth-order valence-corrected chi connectivity index (χ4v) is 2.42. The third-order valence-electron chi connectivity index (χ3n) is 3.08. The van der Waals surface area contributed by atoms with Crippen LogP contribution in [0.2, 0.25) is 5.02 Å². The monoisotopic (exact) mass is 270 g/mol. The van der Waals surface area contributed by atoms with E-state index in [2.05, 4.69) is 10.6 Å². The number of hydrogen-bond acceptors (Lipinski definition) is 3. The Hall–Kier alpha value is -1.30. The fraction of sp³-hybridized carbons (Fsp3) is 0.417. The van der Waals surface area contributed by atoms with E-state index in [1.807, 2.05) is 12.1 Å². The van der Waals surface area contributed by atoms with Gasteiger partial charge in [-0.05, 0) is 35.7 Å². The van der Waals surface area contributed by atoms with Crippen LogP contribution in [0.25, 0.3) is 0 Å². The van der Waals surface area contributed by atoms with Gasteiger partial charge in [-0.25, -0.2) is 4.79 Å². The molecular weight excluding hydrogens is 256 g/mol. The van der Waals surface area contributed by atoms with Crippen LogP contribution < -0.4 is 10.6 Å². The van der Waals surface area contributed by atoms with Crippen LogP contribution >= 0.6 is 11.6 Å². The molecule has 1 aliphatic rings. The Morgan fingerprint density at radius 2 is 2.33 bits per heavy atom. The molecule has 0 aliphatic carbocycles. The van der Waals surface area contributed by atoms with Gasteiger partial charge in [0.05, 0.1) is 12.6 Å². The number of amides is 1. The Balaban J connectivity index is 2.27. The first kappa shape index (κ1) is 13.1. The summed E-state index contributed by atoms with van der Waals surface area (Å²) in [5.41, 5.74) is 2.86. The van der Waals surface area contributed by atoms with Crippen molar-refractivity contribution in [1.29, 1.82) is 0 Å². The van der Waals surface area contributed by atoms with E-state index < -0.39 is 6.09 Å². The van der Waals surface area contributed by atoms with Crippen LogP contribution in [0.4, 0.5) is 4.79 Å². The van der Waals surface area contributed by atoms with E-state index in [4.69, 9.17) is 16.7 Å². The molecule has 1 heterocycles. The van der Waals surface area contributed by atoms with Crippen LogP contribution in [-0.2, 0) is 13.0 Å². The van der Waals surface area contributed by atoms with Gasteiger partial charge in [0, 0.05) is 11.6 Å². The molecule has 0 fully saturated rings. The van der Waals surface area contributed by atoms with Gasteiger partial charge in [0.1, 0.15) is 0 Å². The maximum Gasteiger partial charge on any atom is 0.404 e. The largest absolute Gasteiger partial charge is 0.465 e. The summed E-state index contributed by atoms with van der Waals surface area (Å²) in [6, 6.07) is 3.63. The second-order valence-corrected chi connectivity index (χ2v) is 4.65. The van der Waals surface area contributed by atoms with Gasteiger partial charge < -0.3 is 20.8 Å². The van der Waals surface area contributed by atoms with Crippen molar-refractivity contribution < 1.29 is 15.0 Å². The zero-order chi connectivity index (χ0) is 13.1. The van der Waals surface area contributed by atoms with Gasteiger partial charge in [0.15, 0.2) is 0 Å². The van der Waals surface area contributed by atoms with Crippen LogP contribution in [0.5, 0.6) is 0 Å². The smallest absolute Gasteiger partial charge is 0.404 e. The Bertz CT molecular complexity index is 465. The second-order valence-electron chi connectivity index (χ2n) is 4.24. The molecule has 0 saturated carbocycles. The van der Waals surface area contributed by atoms with Crippen molar-refractivity contribution in [2.24, 2.45) is 0 Å². The lowest BCUT2D eigenvalue weighted by Crippen LogP contribution is -2.32. The summed E-state index contributed by atoms with van der Waals surface area (Å²) in [5.74, 6) is 0. The SMILES string of the molecule is O=C(O)NCc1cc2c(cc1Cl)C(CO)NCC2. The van der Waals surface area contributed by atoms with Gasteiger partial charge in [-0.1, -0.05) is 17.7 Å². The van der Waals surface area contributed by atoms with Crippen LogP contribution in [0.3, 0.4) is 0 Å². The summed E-state index contributed by atoms with van der Waals surface area (Å²) in [6.45, 7) is 1.01. The molecule has 0 spiro atoms. The summed E-state index contributed by atoms with van der Waals surface area (Å²) in [7, 11) is 0. The lowest BCUT2D eigenvalue weighted by molar-refractivity contribution is 0.194. The predicted octanol–water partition coefficient (Wildman–Crippen LogP) is 1.29. The maximum absolute atomic E-state index is 10.5. The first-order chi connectivity index (χ1) is 8.61. The number of benzene rings is 1. The van der Waals surface area contributed by atoms with E-state index in [9.17, 15) is 9.90 Å². The van der Waals surface area contributed by atoms with E-state index in [0.717, 1.165) is 29.7 Å². The summed E-state index contributed by atoms with van der Waals surface area (Å²) >= 11 is 6.12. The van der Waals surface area contributed by atoms with Gasteiger partial charge in [-0.3, -0.25) is 0 Å². The Morgan fingerprint density at radius 1 is 1.56 bits per heavy atom. The fourth-order valence-electron chi connectivity index (χ4n) is 2.19. The van der Waals surface area contributed by atoms with E-state index >= 15 is 0 Å². The van der Waals surface area contributed by atoms with E-state index in [1.165, 1.54) is 0 Å². The Labute approximate surface area is 110 Å². The highest BCUT2D eigenvalue weighted by Gasteiger charge is 2.20. The first-order valence-corrected chi connectivity index (χ1v) is 6.12. The molecule has 4 N–H and O–H groups in total. The van der Waals surface area contributed by atoms with Gasteiger partial charge in [-0.15, -0.1) is 0 Å². The number of carboxylic acid groups (broad SMARTS) is 1. The molecule has 1 amide bonds. The lowest BCUT2D eigenvalue weighted by atomic mass is 9.93. The quantitative estimate of drug-likeness (QED) is 0.667. The standard InChI is InChI=1S/C12H15ClN2O3/c13-10-4-9-7(1-2-14-11(9)6-16)3-8(10)5-15-12(17)18/h3-4,11,14-16H,1-2,5-6H2,(H,17,18). The summed E-state index contributed by atoms with van der Waals surface area (Å²) in [5, 5.41) is 23.9. The molecule has 2 rings (SSSR count). The summed E-state index contributed by atoms with van der Waals surface area (Å²) in [4.78, 5) is 10.5. The third kappa shape index (κ3) is 2.75. The molecule has 1 unspecified atom stereocenters. The number of rotatable bonds is 3. The summed E-state index contributed by atoms with van der Waals surface area (Å²) in [6.07, 6.45) is -0.220. The van der Waals surface area contributed by atoms with Crippen molar-refractivity contribution in [3.63, 3.8) is 0 Å². The van der Waals surface area contributed by atoms with Crippen molar-refractivity contribution in [3.8, 4) is 0 Å². The number of hydrogen-bond donors (Lipinski definition) is 4. The minimum atomic E-state index is -1.07. The highest BCUT2D eigenvalue weighted by atomic mass is 35.5. The number of aliphatic hydroxyl groups excluding tert-OH is 1. The van der Waals surface area contributed by atoms with Crippen molar-refractivity contribution >= 4 is 17.7 Å². The molecule has 0 radical (unpaired) electrons. The van der Waals surface area contributed by atoms with Crippen LogP contribution in [0.1, 0.15) is 22.7 Å². The molecule has 1 aliphatic heterocycles. The average molecular weight is 271 g/mol. The van der Waals surface area contributed by atoms with Gasteiger partial charge in [0.2, 0.25) is 0 Å². The Morgan fingerprint density at radius 3 is 3.00 bits per heavy atom. The average Bonchev–Trinajstić information content (AvgIpc) is 2.35. The third-order valence-corrected chi connectivity index (χ3v) is 3.43. The molecular formula is C12H15ClN2O3. The molecule has 1 aromatic carbocycles. The maximum atomic E-state index is 10.5. The van der Waals surface area contributed by atoms with Crippen LogP contribution in [-0.4, -0.2) is 29.5 Å². The lowest BCUT2D eigenvalue weighted by Gasteiger charge is -2.26. The zero-order valence-electron chi connectivity index (χ0n) is 9.74. The number of aliphatic hydroxyl groups is 1. The highest BCUT2D eigenvalue weighted by molar-refractivity contribution is 6.31. The minimum absolute atomic E-state index is 0.0239. The first-order valence-electron chi connectivity index (χ1n) is 5.74. The van der Waals surface area contributed by atoms with E-state index in [0.29, 0.717) is 5.02 Å². The van der Waals surface area contributed by atoms with Crippen molar-refractivity contribution in [3.05, 3.63) is 33.8 Å². The van der Waals surface area contributed by atoms with Crippen molar-refractivity contribution in [2.45, 2.75) is 19.0 Å². The number of nitrogens with one attached hydrogen (secondary N) is 2. The number of carbonyl (C=O) groups is 1. The Kier molecular flexibility index (Phi) is 4.06. The van der Waals surface area contributed by atoms with Gasteiger partial charge in [0.25, 0.3) is 0 Å². The topological polar surface area (TPSA) is 81.6 Å². The molecule has 1 aromatic rings. The normalized spacial score (nSPS) is 18.2. The predicted molar refractivity (Wildman–Crippen MR) is 67.9 cm³/mol. The molecule has 0 saturated heterocycles. The number of halogens is 1.